The third-order valence-corrected chi connectivity index (χ3v) is 4.25. The lowest BCUT2D eigenvalue weighted by Crippen LogP contribution is -2.46. The van der Waals surface area contributed by atoms with Crippen LogP contribution in [0.4, 0.5) is 0 Å². The first kappa shape index (κ1) is 12.4. The maximum atomic E-state index is 12.0. The van der Waals surface area contributed by atoms with Crippen LogP contribution in [-0.4, -0.2) is 61.8 Å². The van der Waals surface area contributed by atoms with Gasteiger partial charge in [-0.05, 0) is 38.8 Å². The highest BCUT2D eigenvalue weighted by molar-refractivity contribution is 5.78. The van der Waals surface area contributed by atoms with Gasteiger partial charge < -0.3 is 15.4 Å². The van der Waals surface area contributed by atoms with Gasteiger partial charge in [0.15, 0.2) is 0 Å². The van der Waals surface area contributed by atoms with Crippen molar-refractivity contribution >= 4 is 5.91 Å². The van der Waals surface area contributed by atoms with Crippen molar-refractivity contribution in [3.63, 3.8) is 0 Å². The van der Waals surface area contributed by atoms with Crippen molar-refractivity contribution in [2.24, 2.45) is 0 Å². The Balaban J connectivity index is 1.44. The number of nitrogens with one attached hydrogen (secondary N) is 2. The Bertz CT molecular complexity index is 303. The van der Waals surface area contributed by atoms with E-state index in [1.165, 1.54) is 6.42 Å². The molecule has 3 heterocycles. The molecule has 0 aromatic heterocycles. The molecule has 0 radical (unpaired) electrons. The largest absolute Gasteiger partial charge is 0.373 e. The van der Waals surface area contributed by atoms with E-state index >= 15 is 0 Å². The van der Waals surface area contributed by atoms with Gasteiger partial charge in [0, 0.05) is 13.1 Å². The van der Waals surface area contributed by atoms with Gasteiger partial charge in [0.05, 0.1) is 24.8 Å². The topological polar surface area (TPSA) is 53.6 Å². The first-order valence-corrected chi connectivity index (χ1v) is 7.19. The number of carbonyl (C=O) groups excluding carboxylic acids is 1. The number of nitrogens with zero attached hydrogens (tertiary/aromatic N) is 1. The van der Waals surface area contributed by atoms with Crippen molar-refractivity contribution in [1.29, 1.82) is 0 Å². The van der Waals surface area contributed by atoms with E-state index in [2.05, 4.69) is 15.5 Å². The Labute approximate surface area is 108 Å². The molecule has 3 aliphatic rings. The zero-order valence-corrected chi connectivity index (χ0v) is 10.9. The summed E-state index contributed by atoms with van der Waals surface area (Å²) < 4.78 is 5.76. The number of fused-ring (bicyclic) bond motifs is 2. The second kappa shape index (κ2) is 5.55. The summed E-state index contributed by atoms with van der Waals surface area (Å²) in [6.45, 7) is 4.59. The Morgan fingerprint density at radius 1 is 1.33 bits per heavy atom. The van der Waals surface area contributed by atoms with Crippen LogP contribution in [0.2, 0.25) is 0 Å². The van der Waals surface area contributed by atoms with Crippen molar-refractivity contribution in [2.75, 3.05) is 32.7 Å². The second-order valence-electron chi connectivity index (χ2n) is 5.66. The van der Waals surface area contributed by atoms with Gasteiger partial charge in [-0.25, -0.2) is 0 Å². The number of carbonyl (C=O) groups is 1. The van der Waals surface area contributed by atoms with Crippen LogP contribution in [0.1, 0.15) is 25.7 Å². The molecular formula is C13H23N3O2. The molecule has 3 unspecified atom stereocenters. The van der Waals surface area contributed by atoms with Crippen LogP contribution in [0.15, 0.2) is 0 Å². The van der Waals surface area contributed by atoms with Gasteiger partial charge in [-0.1, -0.05) is 0 Å². The number of hydrogen-bond acceptors (Lipinski definition) is 4. The van der Waals surface area contributed by atoms with Crippen molar-refractivity contribution < 1.29 is 9.53 Å². The van der Waals surface area contributed by atoms with Gasteiger partial charge in [0.1, 0.15) is 0 Å². The maximum Gasteiger partial charge on any atom is 0.234 e. The molecule has 0 aromatic rings. The molecule has 5 nitrogen and oxygen atoms in total. The molecule has 3 rings (SSSR count). The minimum Gasteiger partial charge on any atom is -0.373 e. The molecule has 2 N–H and O–H groups in total. The summed E-state index contributed by atoms with van der Waals surface area (Å²) in [4.78, 5) is 14.3. The average Bonchev–Trinajstić information content (AvgIpc) is 2.86. The summed E-state index contributed by atoms with van der Waals surface area (Å²) in [5.74, 6) is 0.165. The molecule has 18 heavy (non-hydrogen) atoms. The van der Waals surface area contributed by atoms with Crippen molar-refractivity contribution in [3.05, 3.63) is 0 Å². The van der Waals surface area contributed by atoms with E-state index in [1.807, 2.05) is 0 Å². The number of hydrogen-bond donors (Lipinski definition) is 2. The van der Waals surface area contributed by atoms with Crippen molar-refractivity contribution in [3.8, 4) is 0 Å². The van der Waals surface area contributed by atoms with E-state index in [0.29, 0.717) is 12.6 Å². The van der Waals surface area contributed by atoms with E-state index in [9.17, 15) is 4.79 Å². The molecule has 0 saturated carbocycles. The summed E-state index contributed by atoms with van der Waals surface area (Å²) >= 11 is 0. The summed E-state index contributed by atoms with van der Waals surface area (Å²) in [5, 5.41) is 6.50. The Morgan fingerprint density at radius 2 is 2.28 bits per heavy atom. The summed E-state index contributed by atoms with van der Waals surface area (Å²) in [6, 6.07) is 0.265. The first-order chi connectivity index (χ1) is 8.81. The van der Waals surface area contributed by atoms with Gasteiger partial charge in [0.2, 0.25) is 5.91 Å². The van der Waals surface area contributed by atoms with Crippen LogP contribution < -0.4 is 10.6 Å². The highest BCUT2D eigenvalue weighted by atomic mass is 16.5. The lowest BCUT2D eigenvalue weighted by atomic mass is 9.95. The van der Waals surface area contributed by atoms with Gasteiger partial charge in [-0.2, -0.15) is 0 Å². The Morgan fingerprint density at radius 3 is 3.06 bits per heavy atom. The second-order valence-corrected chi connectivity index (χ2v) is 5.66. The molecule has 1 amide bonds. The molecule has 2 bridgehead atoms. The fourth-order valence-electron chi connectivity index (χ4n) is 3.31. The average molecular weight is 253 g/mol. The highest BCUT2D eigenvalue weighted by Crippen LogP contribution is 2.34. The zero-order chi connectivity index (χ0) is 12.4. The minimum atomic E-state index is 0.165. The van der Waals surface area contributed by atoms with E-state index in [0.717, 1.165) is 45.4 Å². The number of amides is 1. The SMILES string of the molecule is O=C(CN1CCCNCC1)NC1CC2CCC1O2. The molecule has 3 atom stereocenters. The predicted molar refractivity (Wildman–Crippen MR) is 68.4 cm³/mol. The quantitative estimate of drug-likeness (QED) is 0.726. The lowest BCUT2D eigenvalue weighted by molar-refractivity contribution is -0.123. The van der Waals surface area contributed by atoms with Crippen molar-refractivity contribution in [2.45, 2.75) is 43.9 Å². The van der Waals surface area contributed by atoms with Gasteiger partial charge >= 0.3 is 0 Å². The van der Waals surface area contributed by atoms with Crippen LogP contribution >= 0.6 is 0 Å². The highest BCUT2D eigenvalue weighted by Gasteiger charge is 2.41. The van der Waals surface area contributed by atoms with Crippen LogP contribution in [0.3, 0.4) is 0 Å². The third-order valence-electron chi connectivity index (χ3n) is 4.25. The lowest BCUT2D eigenvalue weighted by Gasteiger charge is -2.23. The van der Waals surface area contributed by atoms with E-state index in [4.69, 9.17) is 4.74 Å². The number of rotatable bonds is 3. The molecular weight excluding hydrogens is 230 g/mol. The molecule has 0 aromatic carbocycles. The summed E-state index contributed by atoms with van der Waals surface area (Å²) in [6.07, 6.45) is 5.12. The van der Waals surface area contributed by atoms with E-state index < -0.39 is 0 Å². The molecule has 0 aliphatic carbocycles. The molecule has 102 valence electrons. The fourth-order valence-corrected chi connectivity index (χ4v) is 3.31. The molecule has 3 fully saturated rings. The fraction of sp³-hybridized carbons (Fsp3) is 0.923. The Hall–Kier alpha value is -0.650. The first-order valence-electron chi connectivity index (χ1n) is 7.19. The third kappa shape index (κ3) is 2.84. The minimum absolute atomic E-state index is 0.165. The molecule has 5 heteroatoms. The van der Waals surface area contributed by atoms with E-state index in [-0.39, 0.29) is 18.1 Å². The van der Waals surface area contributed by atoms with E-state index in [1.54, 1.807) is 0 Å². The zero-order valence-electron chi connectivity index (χ0n) is 10.9. The van der Waals surface area contributed by atoms with Gasteiger partial charge in [-0.15, -0.1) is 0 Å². The summed E-state index contributed by atoms with van der Waals surface area (Å²) in [5.41, 5.74) is 0. The van der Waals surface area contributed by atoms with Gasteiger partial charge in [-0.3, -0.25) is 9.69 Å². The standard InChI is InChI=1S/C13H23N3O2/c17-13(9-16-6-1-4-14-5-7-16)15-11-8-10-2-3-12(11)18-10/h10-12,14H,1-9H2,(H,15,17). The molecule has 0 spiro atoms. The smallest absolute Gasteiger partial charge is 0.234 e. The normalized spacial score (nSPS) is 36.6. The molecule has 3 saturated heterocycles. The monoisotopic (exact) mass is 253 g/mol. The van der Waals surface area contributed by atoms with Crippen molar-refractivity contribution in [1.82, 2.24) is 15.5 Å². The van der Waals surface area contributed by atoms with Gasteiger partial charge in [0.25, 0.3) is 0 Å². The van der Waals surface area contributed by atoms with Crippen LogP contribution in [-0.2, 0) is 9.53 Å². The predicted octanol–water partition coefficient (Wildman–Crippen LogP) is -0.282. The van der Waals surface area contributed by atoms with Crippen LogP contribution in [0, 0.1) is 0 Å². The van der Waals surface area contributed by atoms with Crippen LogP contribution in [0.5, 0.6) is 0 Å². The maximum absolute atomic E-state index is 12.0. The Kier molecular flexibility index (Phi) is 3.82. The molecule has 3 aliphatic heterocycles. The number of ether oxygens (including phenoxy) is 1. The summed E-state index contributed by atoms with van der Waals surface area (Å²) in [7, 11) is 0. The van der Waals surface area contributed by atoms with Crippen LogP contribution in [0.25, 0.3) is 0 Å².